The Balaban J connectivity index is 2.13. The molecule has 1 aliphatic heterocycles. The molecule has 0 aromatic heterocycles. The first-order valence-electron chi connectivity index (χ1n) is 6.07. The highest BCUT2D eigenvalue weighted by atomic mass is 32.2. The quantitative estimate of drug-likeness (QED) is 0.861. The minimum Gasteiger partial charge on any atom is -0.350 e. The molecule has 0 unspecified atom stereocenters. The van der Waals surface area contributed by atoms with E-state index < -0.39 is 10.1 Å². The van der Waals surface area contributed by atoms with Gasteiger partial charge in [-0.2, -0.15) is 8.42 Å². The molecule has 1 aromatic carbocycles. The molecule has 0 amide bonds. The van der Waals surface area contributed by atoms with Gasteiger partial charge in [-0.3, -0.25) is 9.35 Å². The summed E-state index contributed by atoms with van der Waals surface area (Å²) in [5.41, 5.74) is 1.62. The second-order valence-electron chi connectivity index (χ2n) is 4.59. The smallest absolute Gasteiger partial charge is 0.294 e. The van der Waals surface area contributed by atoms with Gasteiger partial charge in [0.05, 0.1) is 4.90 Å². The number of carbonyl (C=O) groups excluding carboxylic acids is 1. The summed E-state index contributed by atoms with van der Waals surface area (Å²) in [6, 6.07) is 5.97. The molecule has 6 heteroatoms. The zero-order chi connectivity index (χ0) is 14.8. The van der Waals surface area contributed by atoms with Crippen molar-refractivity contribution in [3.05, 3.63) is 53.9 Å². The predicted molar refractivity (Wildman–Crippen MR) is 74.3 cm³/mol. The number of carbonyl (C=O) groups is 1. The van der Waals surface area contributed by atoms with Crippen LogP contribution < -0.4 is 0 Å². The van der Waals surface area contributed by atoms with Gasteiger partial charge in [0.1, 0.15) is 0 Å². The lowest BCUT2D eigenvalue weighted by atomic mass is 10.1. The highest BCUT2D eigenvalue weighted by Gasteiger charge is 2.11. The second-order valence-corrected chi connectivity index (χ2v) is 6.01. The van der Waals surface area contributed by atoms with Crippen LogP contribution in [0.25, 0.3) is 0 Å². The molecule has 0 saturated carbocycles. The number of benzene rings is 1. The molecule has 0 radical (unpaired) electrons. The third kappa shape index (κ3) is 3.55. The lowest BCUT2D eigenvalue weighted by molar-refractivity contribution is -0.113. The minimum absolute atomic E-state index is 0.0427. The number of allylic oxidation sites excluding steroid dienone is 2. The van der Waals surface area contributed by atoms with Crippen molar-refractivity contribution in [2.24, 2.45) is 0 Å². The van der Waals surface area contributed by atoms with Crippen LogP contribution in [0.5, 0.6) is 0 Å². The summed E-state index contributed by atoms with van der Waals surface area (Å²) in [7, 11) is -4.16. The molecule has 0 bridgehead atoms. The first-order valence-corrected chi connectivity index (χ1v) is 7.51. The summed E-state index contributed by atoms with van der Waals surface area (Å²) in [6.07, 6.45) is 6.21. The van der Waals surface area contributed by atoms with E-state index in [0.717, 1.165) is 11.1 Å². The Morgan fingerprint density at radius 2 is 1.95 bits per heavy atom. The molecule has 1 heterocycles. The number of ketones is 1. The molecule has 0 aliphatic carbocycles. The van der Waals surface area contributed by atoms with Crippen LogP contribution in [0.4, 0.5) is 0 Å². The van der Waals surface area contributed by atoms with E-state index in [1.165, 1.54) is 19.1 Å². The van der Waals surface area contributed by atoms with Crippen molar-refractivity contribution in [1.29, 1.82) is 0 Å². The maximum atomic E-state index is 11.3. The van der Waals surface area contributed by atoms with E-state index in [1.807, 2.05) is 17.2 Å². The Bertz CT molecular complexity index is 672. The van der Waals surface area contributed by atoms with E-state index in [-0.39, 0.29) is 10.7 Å². The number of hydrogen-bond acceptors (Lipinski definition) is 4. The number of Topliss-reactive ketones (excluding diaryl/α,β-unsaturated/α-hetero) is 1. The lowest BCUT2D eigenvalue weighted by Crippen LogP contribution is -2.15. The number of hydrogen-bond donors (Lipinski definition) is 1. The van der Waals surface area contributed by atoms with Crippen molar-refractivity contribution in [3.63, 3.8) is 0 Å². The average molecular weight is 293 g/mol. The summed E-state index contributed by atoms with van der Waals surface area (Å²) in [6.45, 7) is 2.06. The molecule has 1 aliphatic rings. The molecule has 2 rings (SSSR count). The Kier molecular flexibility index (Phi) is 4.06. The van der Waals surface area contributed by atoms with Crippen LogP contribution in [0, 0.1) is 0 Å². The van der Waals surface area contributed by atoms with Gasteiger partial charge in [-0.05, 0) is 31.0 Å². The molecular formula is C14H15NO4S. The predicted octanol–water partition coefficient (Wildman–Crippen LogP) is 2.13. The number of rotatable bonds is 4. The first-order chi connectivity index (χ1) is 9.36. The fraction of sp³-hybridized carbons (Fsp3) is 0.214. The van der Waals surface area contributed by atoms with Gasteiger partial charge in [-0.15, -0.1) is 0 Å². The molecule has 0 spiro atoms. The Labute approximate surface area is 118 Å². The van der Waals surface area contributed by atoms with Crippen LogP contribution in [0.3, 0.4) is 0 Å². The largest absolute Gasteiger partial charge is 0.350 e. The van der Waals surface area contributed by atoms with Crippen molar-refractivity contribution in [2.75, 3.05) is 0 Å². The van der Waals surface area contributed by atoms with Gasteiger partial charge < -0.3 is 4.90 Å². The summed E-state index contributed by atoms with van der Waals surface area (Å²) in [5, 5.41) is 0. The van der Waals surface area contributed by atoms with Gasteiger partial charge in [0.15, 0.2) is 5.78 Å². The maximum Gasteiger partial charge on any atom is 0.294 e. The zero-order valence-electron chi connectivity index (χ0n) is 11.0. The summed E-state index contributed by atoms with van der Waals surface area (Å²) in [5.74, 6) is 0.0427. The van der Waals surface area contributed by atoms with Gasteiger partial charge in [0.25, 0.3) is 10.1 Å². The third-order valence-electron chi connectivity index (χ3n) is 2.99. The molecule has 106 valence electrons. The van der Waals surface area contributed by atoms with E-state index in [0.29, 0.717) is 13.0 Å². The van der Waals surface area contributed by atoms with E-state index >= 15 is 0 Å². The third-order valence-corrected chi connectivity index (χ3v) is 3.86. The van der Waals surface area contributed by atoms with Crippen LogP contribution in [0.15, 0.2) is 53.2 Å². The van der Waals surface area contributed by atoms with E-state index in [4.69, 9.17) is 4.55 Å². The van der Waals surface area contributed by atoms with Crippen LogP contribution in [-0.4, -0.2) is 23.7 Å². The molecule has 5 nitrogen and oxygen atoms in total. The first kappa shape index (κ1) is 14.5. The van der Waals surface area contributed by atoms with Gasteiger partial charge in [-0.1, -0.05) is 18.2 Å². The summed E-state index contributed by atoms with van der Waals surface area (Å²) >= 11 is 0. The standard InChI is InChI=1S/C14H15NO4S/c1-11(16)13-3-2-8-15(10-13)9-12-4-6-14(7-5-12)20(17,18)19/h2,4-8,10H,3,9H2,1H3,(H,17,18,19). The monoisotopic (exact) mass is 293 g/mol. The molecule has 1 aromatic rings. The van der Waals surface area contributed by atoms with Crippen LogP contribution in [0.1, 0.15) is 18.9 Å². The Hall–Kier alpha value is -1.92. The average Bonchev–Trinajstić information content (AvgIpc) is 2.38. The molecule has 1 N–H and O–H groups in total. The van der Waals surface area contributed by atoms with Crippen molar-refractivity contribution < 1.29 is 17.8 Å². The van der Waals surface area contributed by atoms with E-state index in [9.17, 15) is 13.2 Å². The number of nitrogens with zero attached hydrogens (tertiary/aromatic N) is 1. The molecule has 0 atom stereocenters. The molecule has 0 saturated heterocycles. The van der Waals surface area contributed by atoms with Gasteiger partial charge >= 0.3 is 0 Å². The van der Waals surface area contributed by atoms with Crippen molar-refractivity contribution in [1.82, 2.24) is 4.90 Å². The fourth-order valence-corrected chi connectivity index (χ4v) is 2.40. The molecular weight excluding hydrogens is 278 g/mol. The topological polar surface area (TPSA) is 74.7 Å². The van der Waals surface area contributed by atoms with Crippen molar-refractivity contribution >= 4 is 15.9 Å². The Morgan fingerprint density at radius 1 is 1.30 bits per heavy atom. The molecule has 0 fully saturated rings. The van der Waals surface area contributed by atoms with Crippen molar-refractivity contribution in [3.8, 4) is 0 Å². The maximum absolute atomic E-state index is 11.3. The zero-order valence-corrected chi connectivity index (χ0v) is 11.8. The van der Waals surface area contributed by atoms with Crippen LogP contribution in [0.2, 0.25) is 0 Å². The SMILES string of the molecule is CC(=O)C1=CN(Cc2ccc(S(=O)(=O)O)cc2)C=CC1. The van der Waals surface area contributed by atoms with Gasteiger partial charge in [0.2, 0.25) is 0 Å². The van der Waals surface area contributed by atoms with Crippen molar-refractivity contribution in [2.45, 2.75) is 24.8 Å². The Morgan fingerprint density at radius 3 is 2.50 bits per heavy atom. The van der Waals surface area contributed by atoms with Gasteiger partial charge in [-0.25, -0.2) is 0 Å². The highest BCUT2D eigenvalue weighted by Crippen LogP contribution is 2.17. The van der Waals surface area contributed by atoms with E-state index in [2.05, 4.69) is 0 Å². The van der Waals surface area contributed by atoms with Gasteiger partial charge in [0, 0.05) is 24.5 Å². The minimum atomic E-state index is -4.16. The highest BCUT2D eigenvalue weighted by molar-refractivity contribution is 7.85. The summed E-state index contributed by atoms with van der Waals surface area (Å²) < 4.78 is 30.8. The van der Waals surface area contributed by atoms with Crippen LogP contribution >= 0.6 is 0 Å². The summed E-state index contributed by atoms with van der Waals surface area (Å²) in [4.78, 5) is 13.1. The molecule has 20 heavy (non-hydrogen) atoms. The van der Waals surface area contributed by atoms with Crippen LogP contribution in [-0.2, 0) is 21.5 Å². The van der Waals surface area contributed by atoms with E-state index in [1.54, 1.807) is 18.3 Å². The fourth-order valence-electron chi connectivity index (χ4n) is 1.92. The normalized spacial score (nSPS) is 15.1. The second kappa shape index (κ2) is 5.60. The lowest BCUT2D eigenvalue weighted by Gasteiger charge is -2.20.